The zero-order valence-electron chi connectivity index (χ0n) is 26.5. The van der Waals surface area contributed by atoms with Crippen molar-refractivity contribution in [2.75, 3.05) is 62.2 Å². The number of nitrogens with zero attached hydrogens (tertiary/aromatic N) is 5. The molecule has 1 aliphatic rings. The first-order chi connectivity index (χ1) is 21.2. The van der Waals surface area contributed by atoms with Crippen LogP contribution in [-0.4, -0.2) is 66.7 Å². The molecule has 0 radical (unpaired) electrons. The van der Waals surface area contributed by atoms with Crippen LogP contribution in [0.3, 0.4) is 0 Å². The number of aryl methyl sites for hydroxylation is 1. The second kappa shape index (κ2) is 13.8. The van der Waals surface area contributed by atoms with Crippen LogP contribution in [0.15, 0.2) is 61.3 Å². The Morgan fingerprint density at radius 1 is 1.11 bits per heavy atom. The van der Waals surface area contributed by atoms with Gasteiger partial charge in [-0.2, -0.15) is 4.98 Å². The van der Waals surface area contributed by atoms with E-state index in [0.717, 1.165) is 48.3 Å². The average molecular weight is 597 g/mol. The summed E-state index contributed by atoms with van der Waals surface area (Å²) in [6.45, 7) is 8.04. The smallest absolute Gasteiger partial charge is 0.247 e. The van der Waals surface area contributed by atoms with Crippen LogP contribution in [0.1, 0.15) is 43.0 Å². The molecular weight excluding hydrogens is 552 g/mol. The van der Waals surface area contributed by atoms with Gasteiger partial charge in [0.25, 0.3) is 0 Å². The zero-order chi connectivity index (χ0) is 31.2. The van der Waals surface area contributed by atoms with Crippen molar-refractivity contribution in [2.24, 2.45) is 0 Å². The van der Waals surface area contributed by atoms with Crippen LogP contribution in [0, 0.1) is 6.92 Å². The first-order valence-corrected chi connectivity index (χ1v) is 15.2. The molecule has 2 heterocycles. The Morgan fingerprint density at radius 2 is 1.91 bits per heavy atom. The van der Waals surface area contributed by atoms with Crippen molar-refractivity contribution >= 4 is 45.6 Å². The summed E-state index contributed by atoms with van der Waals surface area (Å²) in [7, 11) is 7.69. The van der Waals surface area contributed by atoms with E-state index < -0.39 is 0 Å². The van der Waals surface area contributed by atoms with Crippen LogP contribution in [0.2, 0.25) is 0 Å². The van der Waals surface area contributed by atoms with Crippen LogP contribution in [-0.2, 0) is 11.3 Å². The molecule has 1 saturated carbocycles. The number of carbonyl (C=O) groups is 1. The number of ether oxygens (including phenoxy) is 1. The summed E-state index contributed by atoms with van der Waals surface area (Å²) < 4.78 is 8.19. The number of rotatable bonds is 13. The quantitative estimate of drug-likeness (QED) is 0.154. The van der Waals surface area contributed by atoms with E-state index in [-0.39, 0.29) is 5.91 Å². The van der Waals surface area contributed by atoms with Crippen molar-refractivity contribution in [3.8, 4) is 5.75 Å². The normalized spacial score (nSPS) is 13.3. The lowest BCUT2D eigenvalue weighted by Crippen LogP contribution is -2.29. The summed E-state index contributed by atoms with van der Waals surface area (Å²) in [5, 5.41) is 10.9. The molecule has 4 aromatic rings. The number of nitrogens with one attached hydrogen (secondary N) is 3. The van der Waals surface area contributed by atoms with Crippen molar-refractivity contribution in [3.05, 3.63) is 72.6 Å². The molecular formula is C34H44N8O2. The van der Waals surface area contributed by atoms with Gasteiger partial charge in [0.1, 0.15) is 11.4 Å². The monoisotopic (exact) mass is 596 g/mol. The van der Waals surface area contributed by atoms with E-state index in [1.54, 1.807) is 7.11 Å². The molecule has 1 amide bonds. The van der Waals surface area contributed by atoms with Crippen LogP contribution >= 0.6 is 0 Å². The Labute approximate surface area is 260 Å². The summed E-state index contributed by atoms with van der Waals surface area (Å²) in [6.07, 6.45) is 7.85. The number of fused-ring (bicyclic) bond motifs is 1. The molecule has 1 fully saturated rings. The van der Waals surface area contributed by atoms with Crippen LogP contribution in [0.5, 0.6) is 5.75 Å². The number of likely N-dealkylation sites (N-methyl/N-ethyl adjacent to an activating group) is 2. The molecule has 5 rings (SSSR count). The van der Waals surface area contributed by atoms with E-state index in [9.17, 15) is 4.79 Å². The minimum Gasteiger partial charge on any atom is -0.494 e. The van der Waals surface area contributed by atoms with Gasteiger partial charge in [-0.1, -0.05) is 31.6 Å². The van der Waals surface area contributed by atoms with Crippen molar-refractivity contribution < 1.29 is 9.53 Å². The topological polar surface area (TPSA) is 99.6 Å². The van der Waals surface area contributed by atoms with E-state index in [1.807, 2.05) is 39.5 Å². The van der Waals surface area contributed by atoms with Gasteiger partial charge in [-0.25, -0.2) is 4.98 Å². The van der Waals surface area contributed by atoms with E-state index >= 15 is 0 Å². The maximum Gasteiger partial charge on any atom is 0.247 e. The Bertz CT molecular complexity index is 1620. The lowest BCUT2D eigenvalue weighted by Gasteiger charge is -2.26. The Morgan fingerprint density at radius 3 is 2.61 bits per heavy atom. The average Bonchev–Trinajstić information content (AvgIpc) is 3.66. The maximum absolute atomic E-state index is 12.4. The van der Waals surface area contributed by atoms with Crippen molar-refractivity contribution in [2.45, 2.75) is 45.2 Å². The second-order valence-electron chi connectivity index (χ2n) is 11.8. The molecule has 10 heteroatoms. The third-order valence-electron chi connectivity index (χ3n) is 8.14. The SMILES string of the molecule is C=CC(=O)Nc1cc(Nc2ncc3cc(CNc4cccc(C)c4)n(C4CCCC4)c3n2)c(OC)cc1N(C)CCN(C)C. The van der Waals surface area contributed by atoms with Gasteiger partial charge >= 0.3 is 0 Å². The first kappa shape index (κ1) is 30.9. The van der Waals surface area contributed by atoms with Gasteiger partial charge in [0, 0.05) is 55.2 Å². The third kappa shape index (κ3) is 7.14. The fourth-order valence-corrected chi connectivity index (χ4v) is 5.80. The van der Waals surface area contributed by atoms with Crippen molar-refractivity contribution in [3.63, 3.8) is 0 Å². The number of benzene rings is 2. The summed E-state index contributed by atoms with van der Waals surface area (Å²) in [5.41, 5.74) is 6.55. The molecule has 0 unspecified atom stereocenters. The fraction of sp³-hybridized carbons (Fsp3) is 0.382. The Balaban J connectivity index is 1.49. The van der Waals surface area contributed by atoms with Crippen LogP contribution in [0.4, 0.5) is 28.7 Å². The van der Waals surface area contributed by atoms with Crippen molar-refractivity contribution in [1.29, 1.82) is 0 Å². The molecule has 1 aliphatic carbocycles. The molecule has 2 aromatic heterocycles. The van der Waals surface area contributed by atoms with Gasteiger partial charge in [0.15, 0.2) is 0 Å². The highest BCUT2D eigenvalue weighted by Crippen LogP contribution is 2.39. The minimum absolute atomic E-state index is 0.290. The molecule has 0 aliphatic heterocycles. The fourth-order valence-electron chi connectivity index (χ4n) is 5.80. The minimum atomic E-state index is -0.290. The van der Waals surface area contributed by atoms with E-state index in [0.29, 0.717) is 35.7 Å². The first-order valence-electron chi connectivity index (χ1n) is 15.2. The highest BCUT2D eigenvalue weighted by Gasteiger charge is 2.23. The molecule has 232 valence electrons. The number of hydrogen-bond donors (Lipinski definition) is 3. The summed E-state index contributed by atoms with van der Waals surface area (Å²) in [4.78, 5) is 26.3. The molecule has 0 saturated heterocycles. The highest BCUT2D eigenvalue weighted by atomic mass is 16.5. The summed E-state index contributed by atoms with van der Waals surface area (Å²) in [5.74, 6) is 0.787. The molecule has 10 nitrogen and oxygen atoms in total. The predicted octanol–water partition coefficient (Wildman–Crippen LogP) is 6.34. The molecule has 2 aromatic carbocycles. The van der Waals surface area contributed by atoms with Crippen LogP contribution < -0.4 is 25.6 Å². The Hall–Kier alpha value is -4.57. The number of anilines is 5. The van der Waals surface area contributed by atoms with E-state index in [2.05, 4.69) is 79.1 Å². The molecule has 0 spiro atoms. The standard InChI is InChI=1S/C34H44N8O2/c1-7-32(43)37-28-19-29(31(44-6)20-30(28)41(5)16-15-40(3)4)38-34-36-21-24-18-27(22-35-25-12-10-11-23(2)17-25)42(33(24)39-34)26-13-8-9-14-26/h7,10-12,17-21,26,35H,1,8-9,13-16,22H2,2-6H3,(H,37,43)(H,36,38,39). The van der Waals surface area contributed by atoms with Gasteiger partial charge in [-0.05, 0) is 69.8 Å². The van der Waals surface area contributed by atoms with Crippen molar-refractivity contribution in [1.82, 2.24) is 19.4 Å². The van der Waals surface area contributed by atoms with E-state index in [4.69, 9.17) is 9.72 Å². The lowest BCUT2D eigenvalue weighted by atomic mass is 10.2. The number of aromatic nitrogens is 3. The molecule has 0 bridgehead atoms. The molecule has 44 heavy (non-hydrogen) atoms. The van der Waals surface area contributed by atoms with Crippen LogP contribution in [0.25, 0.3) is 11.0 Å². The Kier molecular flexibility index (Phi) is 9.69. The van der Waals surface area contributed by atoms with Gasteiger partial charge in [0.05, 0.1) is 30.7 Å². The van der Waals surface area contributed by atoms with Gasteiger partial charge in [-0.3, -0.25) is 4.79 Å². The zero-order valence-corrected chi connectivity index (χ0v) is 26.5. The molecule has 3 N–H and O–H groups in total. The third-order valence-corrected chi connectivity index (χ3v) is 8.14. The largest absolute Gasteiger partial charge is 0.494 e. The summed E-state index contributed by atoms with van der Waals surface area (Å²) in [6, 6.07) is 14.8. The second-order valence-corrected chi connectivity index (χ2v) is 11.8. The van der Waals surface area contributed by atoms with Gasteiger partial charge in [0.2, 0.25) is 11.9 Å². The molecule has 0 atom stereocenters. The van der Waals surface area contributed by atoms with E-state index in [1.165, 1.54) is 30.2 Å². The summed E-state index contributed by atoms with van der Waals surface area (Å²) >= 11 is 0. The number of hydrogen-bond acceptors (Lipinski definition) is 8. The number of carbonyl (C=O) groups excluding carboxylic acids is 1. The highest BCUT2D eigenvalue weighted by molar-refractivity contribution is 6.02. The van der Waals surface area contributed by atoms with Gasteiger partial charge in [-0.15, -0.1) is 0 Å². The lowest BCUT2D eigenvalue weighted by molar-refractivity contribution is -0.111. The van der Waals surface area contributed by atoms with Gasteiger partial charge < -0.3 is 35.1 Å². The number of methoxy groups -OCH3 is 1. The maximum atomic E-state index is 12.4. The predicted molar refractivity (Wildman–Crippen MR) is 180 cm³/mol. The number of amides is 1.